The van der Waals surface area contributed by atoms with Gasteiger partial charge in [0.25, 0.3) is 21.5 Å². The third-order valence-corrected chi connectivity index (χ3v) is 5.73. The van der Waals surface area contributed by atoms with E-state index in [2.05, 4.69) is 10.2 Å². The zero-order chi connectivity index (χ0) is 25.8. The minimum absolute atomic E-state index is 0. The van der Waals surface area contributed by atoms with Crippen molar-refractivity contribution in [1.82, 2.24) is 0 Å². The quantitative estimate of drug-likeness (QED) is 0.0661. The Morgan fingerprint density at radius 1 is 0.973 bits per heavy atom. The van der Waals surface area contributed by atoms with Gasteiger partial charge >= 0.3 is 0 Å². The smallest absolute Gasteiger partial charge is 0.295 e. The van der Waals surface area contributed by atoms with Crippen LogP contribution in [0, 0.1) is 10.1 Å². The predicted octanol–water partition coefficient (Wildman–Crippen LogP) is 1.17. The number of nitrogens with two attached hydrogens (primary N) is 1. The number of nitro groups is 1. The number of fused-ring (bicyclic) bond motifs is 2. The van der Waals surface area contributed by atoms with Gasteiger partial charge in [-0.1, -0.05) is 35.4 Å². The maximum Gasteiger partial charge on any atom is 0.295 e. The first-order valence-electron chi connectivity index (χ1n) is 9.98. The van der Waals surface area contributed by atoms with Crippen molar-refractivity contribution in [3.8, 4) is 11.5 Å². The second kappa shape index (κ2) is 13.0. The van der Waals surface area contributed by atoms with Gasteiger partial charge in [0, 0.05) is 58.0 Å². The summed E-state index contributed by atoms with van der Waals surface area (Å²) in [6, 6.07) is 14.4. The van der Waals surface area contributed by atoms with E-state index in [0.717, 1.165) is 23.6 Å². The third kappa shape index (κ3) is 6.96. The summed E-state index contributed by atoms with van der Waals surface area (Å²) in [4.78, 5) is 9.70. The summed E-state index contributed by atoms with van der Waals surface area (Å²) < 4.78 is 33.0. The number of rotatable bonds is 5. The summed E-state index contributed by atoms with van der Waals surface area (Å²) in [5, 5.41) is 47.5. The average Bonchev–Trinajstić information content (AvgIpc) is 2.83. The third-order valence-electron chi connectivity index (χ3n) is 4.84. The van der Waals surface area contributed by atoms with Crippen molar-refractivity contribution in [2.75, 3.05) is 13.2 Å². The first-order chi connectivity index (χ1) is 16.6. The topological polar surface area (TPSA) is 242 Å². The molecule has 0 spiro atoms. The number of aliphatic hydroxyl groups is 1. The molecule has 0 bridgehead atoms. The molecule has 0 saturated heterocycles. The van der Waals surface area contributed by atoms with Crippen LogP contribution < -0.4 is 10.8 Å². The molecular weight excluding hydrogens is 548 g/mol. The van der Waals surface area contributed by atoms with Crippen LogP contribution >= 0.6 is 0 Å². The van der Waals surface area contributed by atoms with Crippen molar-refractivity contribution in [3.05, 3.63) is 70.8 Å². The van der Waals surface area contributed by atoms with Crippen LogP contribution in [0.1, 0.15) is 0 Å². The Labute approximate surface area is 220 Å². The van der Waals surface area contributed by atoms with Gasteiger partial charge < -0.3 is 26.5 Å². The Balaban J connectivity index is 0.00000107. The van der Waals surface area contributed by atoms with Crippen LogP contribution in [0.3, 0.4) is 0 Å². The van der Waals surface area contributed by atoms with E-state index in [-0.39, 0.29) is 57.3 Å². The molecule has 0 saturated carbocycles. The van der Waals surface area contributed by atoms with Crippen molar-refractivity contribution in [2.24, 2.45) is 10.8 Å². The molecule has 4 aromatic carbocycles. The molecule has 196 valence electrons. The summed E-state index contributed by atoms with van der Waals surface area (Å²) in [7, 11) is -4.79. The van der Waals surface area contributed by atoms with E-state index in [1.807, 2.05) is 12.1 Å². The van der Waals surface area contributed by atoms with E-state index in [9.17, 15) is 33.3 Å². The van der Waals surface area contributed by atoms with E-state index in [4.69, 9.17) is 10.8 Å². The van der Waals surface area contributed by atoms with Crippen molar-refractivity contribution in [3.63, 3.8) is 0 Å². The molecule has 0 atom stereocenters. The molecule has 0 aliphatic carbocycles. The standard InChI is InChI=1S/C20H13N3O7S.C2H7NO.Cr.H2O/c24-16-8-5-11-3-1-2-4-13(11)19(16)21-22-20-14-7-6-12(23(26)27)9-15(14)18(10-17(20)25)31(28,29)30;3-1-2-4;;/h1-10,24-25H,(H,28,29,30);4H,1-3H2;;1H2/p+1. The average molecular weight is 572 g/mol. The van der Waals surface area contributed by atoms with Crippen LogP contribution in [0.15, 0.2) is 70.7 Å². The summed E-state index contributed by atoms with van der Waals surface area (Å²) in [6.45, 7) is 0.472. The Morgan fingerprint density at radius 3 is 2.22 bits per heavy atom. The van der Waals surface area contributed by atoms with Gasteiger partial charge in [0.1, 0.15) is 10.6 Å². The van der Waals surface area contributed by atoms with Crippen molar-refractivity contribution < 1.29 is 61.2 Å². The normalized spacial score (nSPS) is 10.9. The first kappa shape index (κ1) is 31.4. The number of nitro benzene ring substituents is 1. The molecule has 37 heavy (non-hydrogen) atoms. The van der Waals surface area contributed by atoms with Crippen LogP contribution in [-0.4, -0.2) is 51.8 Å². The van der Waals surface area contributed by atoms with E-state index < -0.39 is 31.4 Å². The molecule has 0 fully saturated rings. The van der Waals surface area contributed by atoms with Crippen LogP contribution in [0.4, 0.5) is 17.1 Å². The zero-order valence-electron chi connectivity index (χ0n) is 18.9. The van der Waals surface area contributed by atoms with Crippen LogP contribution in [-0.2, 0) is 27.5 Å². The van der Waals surface area contributed by atoms with Gasteiger partial charge in [-0.15, -0.1) is 0 Å². The fraction of sp³-hybridized carbons (Fsp3) is 0.0909. The van der Waals surface area contributed by atoms with Crippen LogP contribution in [0.5, 0.6) is 11.5 Å². The van der Waals surface area contributed by atoms with Crippen LogP contribution in [0.2, 0.25) is 0 Å². The number of aromatic hydroxyl groups is 2. The number of phenolic OH excluding ortho intramolecular Hbond substituents is 2. The number of hydrogen-bond donors (Lipinski definition) is 6. The van der Waals surface area contributed by atoms with Gasteiger partial charge in [-0.3, -0.25) is 14.7 Å². The largest absolute Gasteiger partial charge is 0.505 e. The fourth-order valence-electron chi connectivity index (χ4n) is 3.28. The summed E-state index contributed by atoms with van der Waals surface area (Å²) >= 11 is 0. The molecule has 0 aliphatic heterocycles. The van der Waals surface area contributed by atoms with E-state index in [1.54, 1.807) is 18.2 Å². The van der Waals surface area contributed by atoms with Gasteiger partial charge in [0.15, 0.2) is 11.4 Å². The molecule has 0 unspecified atom stereocenters. The maximum atomic E-state index is 11.8. The minimum Gasteiger partial charge on any atom is -0.505 e. The van der Waals surface area contributed by atoms with E-state index >= 15 is 0 Å². The summed E-state index contributed by atoms with van der Waals surface area (Å²) in [5.74, 6) is -0.711. The predicted molar refractivity (Wildman–Crippen MR) is 130 cm³/mol. The molecule has 0 aromatic heterocycles. The Morgan fingerprint density at radius 2 is 1.62 bits per heavy atom. The Bertz CT molecular complexity index is 1560. The van der Waals surface area contributed by atoms with Gasteiger partial charge in [0.2, 0.25) is 0 Å². The van der Waals surface area contributed by atoms with Gasteiger partial charge in [0.05, 0.1) is 16.9 Å². The molecule has 4 aromatic rings. The molecule has 4 rings (SSSR count). The van der Waals surface area contributed by atoms with E-state index in [1.165, 1.54) is 12.1 Å². The van der Waals surface area contributed by atoms with Gasteiger partial charge in [-0.2, -0.15) is 8.42 Å². The summed E-state index contributed by atoms with van der Waals surface area (Å²) in [5.41, 5.74) is 4.48. The van der Waals surface area contributed by atoms with Gasteiger partial charge in [-0.25, -0.2) is 0 Å². The Kier molecular flexibility index (Phi) is 11.0. The summed E-state index contributed by atoms with van der Waals surface area (Å²) in [6.07, 6.45) is 0. The second-order valence-corrected chi connectivity index (χ2v) is 8.51. The van der Waals surface area contributed by atoms with Gasteiger partial charge in [-0.05, 0) is 17.5 Å². The number of phenols is 2. The molecular formula is C22H23CrN4O9S+. The molecule has 0 radical (unpaired) electrons. The first-order valence-corrected chi connectivity index (χ1v) is 11.4. The van der Waals surface area contributed by atoms with Crippen molar-refractivity contribution in [2.45, 2.75) is 4.90 Å². The number of benzene rings is 4. The molecule has 13 nitrogen and oxygen atoms in total. The molecule has 0 amide bonds. The van der Waals surface area contributed by atoms with Crippen molar-refractivity contribution in [1.29, 1.82) is 0 Å². The molecule has 0 heterocycles. The number of nitrogens with one attached hydrogen (secondary N) is 1. The SMILES string of the molecule is NCCO.O.O=[N+]([O-])c1ccc2c([NH+]=Nc3c(O)ccc4ccccc34)c(O)cc(S(=O)(=O)O)c2c1.[Cr]. The molecule has 9 N–H and O–H groups in total. The van der Waals surface area contributed by atoms with E-state index in [0.29, 0.717) is 11.9 Å². The molecule has 15 heteroatoms. The monoisotopic (exact) mass is 571 g/mol. The number of aliphatic hydroxyl groups excluding tert-OH is 1. The van der Waals surface area contributed by atoms with Crippen LogP contribution in [0.25, 0.3) is 21.5 Å². The number of nitrogens with zero attached hydrogens (tertiary/aromatic N) is 2. The Hall–Kier alpha value is -3.68. The maximum absolute atomic E-state index is 11.8. The molecule has 0 aliphatic rings. The minimum atomic E-state index is -4.79. The number of hydrogen-bond acceptors (Lipinski definition) is 9. The second-order valence-electron chi connectivity index (χ2n) is 7.12. The number of non-ortho nitro benzene ring substituents is 1. The fourth-order valence-corrected chi connectivity index (χ4v) is 3.99. The number of azo groups is 1. The zero-order valence-corrected chi connectivity index (χ0v) is 21.0. The van der Waals surface area contributed by atoms with Crippen molar-refractivity contribution >= 4 is 48.7 Å².